The molecule has 166 valence electrons. The van der Waals surface area contributed by atoms with Gasteiger partial charge in [-0.3, -0.25) is 9.59 Å². The van der Waals surface area contributed by atoms with E-state index < -0.39 is 10.0 Å². The number of hydrogen-bond donors (Lipinski definition) is 2. The molecule has 3 rings (SSSR count). The van der Waals surface area contributed by atoms with Crippen LogP contribution in [0.2, 0.25) is 0 Å². The number of amides is 2. The fraction of sp³-hybridized carbons (Fsp3) is 0.636. The highest BCUT2D eigenvalue weighted by atomic mass is 32.2. The van der Waals surface area contributed by atoms with Crippen LogP contribution in [-0.4, -0.2) is 50.2 Å². The van der Waals surface area contributed by atoms with Gasteiger partial charge in [0.1, 0.15) is 0 Å². The first-order valence-corrected chi connectivity index (χ1v) is 12.5. The van der Waals surface area contributed by atoms with E-state index >= 15 is 0 Å². The Labute approximate surface area is 179 Å². The Morgan fingerprint density at radius 2 is 1.70 bits per heavy atom. The lowest BCUT2D eigenvalue weighted by atomic mass is 9.89. The fourth-order valence-electron chi connectivity index (χ4n) is 4.33. The fourth-order valence-corrected chi connectivity index (χ4v) is 6.08. The van der Waals surface area contributed by atoms with E-state index in [4.69, 9.17) is 0 Å². The Morgan fingerprint density at radius 3 is 2.43 bits per heavy atom. The summed E-state index contributed by atoms with van der Waals surface area (Å²) in [6, 6.07) is 6.15. The van der Waals surface area contributed by atoms with E-state index in [2.05, 4.69) is 10.6 Å². The number of carbonyl (C=O) groups is 2. The minimum absolute atomic E-state index is 0.0333. The summed E-state index contributed by atoms with van der Waals surface area (Å²) < 4.78 is 27.5. The lowest BCUT2D eigenvalue weighted by Gasteiger charge is -2.32. The van der Waals surface area contributed by atoms with Crippen LogP contribution in [0.4, 0.5) is 0 Å². The molecule has 1 heterocycles. The molecular formula is C22H33N3O4S. The second-order valence-corrected chi connectivity index (χ2v) is 10.3. The van der Waals surface area contributed by atoms with Gasteiger partial charge in [-0.2, -0.15) is 4.31 Å². The predicted molar refractivity (Wildman–Crippen MR) is 116 cm³/mol. The largest absolute Gasteiger partial charge is 0.354 e. The summed E-state index contributed by atoms with van der Waals surface area (Å²) in [6.45, 7) is 3.11. The van der Waals surface area contributed by atoms with Gasteiger partial charge in [-0.1, -0.05) is 31.7 Å². The maximum atomic E-state index is 13.0. The summed E-state index contributed by atoms with van der Waals surface area (Å²) in [5.41, 5.74) is 0.305. The molecule has 0 bridgehead atoms. The van der Waals surface area contributed by atoms with Crippen molar-refractivity contribution in [1.29, 1.82) is 0 Å². The van der Waals surface area contributed by atoms with Crippen LogP contribution in [-0.2, 0) is 14.8 Å². The van der Waals surface area contributed by atoms with Gasteiger partial charge in [-0.15, -0.1) is 0 Å². The predicted octanol–water partition coefficient (Wildman–Crippen LogP) is 2.68. The quantitative estimate of drug-likeness (QED) is 0.644. The molecule has 1 saturated carbocycles. The van der Waals surface area contributed by atoms with Gasteiger partial charge in [-0.05, 0) is 50.8 Å². The third kappa shape index (κ3) is 5.60. The topological polar surface area (TPSA) is 95.6 Å². The molecule has 1 aliphatic carbocycles. The Balaban J connectivity index is 1.53. The molecular weight excluding hydrogens is 402 g/mol. The van der Waals surface area contributed by atoms with Crippen molar-refractivity contribution >= 4 is 21.8 Å². The van der Waals surface area contributed by atoms with E-state index in [0.29, 0.717) is 25.2 Å². The average molecular weight is 436 g/mol. The molecule has 1 saturated heterocycles. The van der Waals surface area contributed by atoms with Gasteiger partial charge in [0, 0.05) is 37.2 Å². The van der Waals surface area contributed by atoms with Gasteiger partial charge in [0.2, 0.25) is 15.9 Å². The zero-order chi connectivity index (χ0) is 21.6. The van der Waals surface area contributed by atoms with Crippen LogP contribution in [0, 0.1) is 5.92 Å². The minimum atomic E-state index is -3.62. The number of piperidine rings is 1. The van der Waals surface area contributed by atoms with Crippen molar-refractivity contribution < 1.29 is 18.0 Å². The minimum Gasteiger partial charge on any atom is -0.354 e. The summed E-state index contributed by atoms with van der Waals surface area (Å²) >= 11 is 0. The van der Waals surface area contributed by atoms with E-state index in [1.165, 1.54) is 22.9 Å². The van der Waals surface area contributed by atoms with Crippen molar-refractivity contribution in [3.63, 3.8) is 0 Å². The van der Waals surface area contributed by atoms with Crippen molar-refractivity contribution in [2.45, 2.75) is 69.2 Å². The lowest BCUT2D eigenvalue weighted by Crippen LogP contribution is -2.42. The van der Waals surface area contributed by atoms with Gasteiger partial charge in [0.05, 0.1) is 4.90 Å². The molecule has 8 heteroatoms. The average Bonchev–Trinajstić information content (AvgIpc) is 2.77. The third-order valence-corrected chi connectivity index (χ3v) is 8.14. The van der Waals surface area contributed by atoms with Crippen LogP contribution in [0.5, 0.6) is 0 Å². The summed E-state index contributed by atoms with van der Waals surface area (Å²) in [6.07, 6.45) is 8.03. The second kappa shape index (κ2) is 10.4. The summed E-state index contributed by atoms with van der Waals surface area (Å²) in [5.74, 6) is -0.188. The second-order valence-electron chi connectivity index (χ2n) is 8.37. The maximum Gasteiger partial charge on any atom is 0.251 e. The highest BCUT2D eigenvalue weighted by Crippen LogP contribution is 2.26. The summed E-state index contributed by atoms with van der Waals surface area (Å²) in [4.78, 5) is 24.8. The van der Waals surface area contributed by atoms with Crippen LogP contribution in [0.15, 0.2) is 29.2 Å². The lowest BCUT2D eigenvalue weighted by molar-refractivity contribution is -0.125. The van der Waals surface area contributed by atoms with Gasteiger partial charge in [0.25, 0.3) is 5.91 Å². The number of rotatable bonds is 7. The smallest absolute Gasteiger partial charge is 0.251 e. The molecule has 2 amide bonds. The van der Waals surface area contributed by atoms with E-state index in [-0.39, 0.29) is 28.7 Å². The highest BCUT2D eigenvalue weighted by molar-refractivity contribution is 7.89. The van der Waals surface area contributed by atoms with Crippen molar-refractivity contribution in [3.05, 3.63) is 29.8 Å². The Hall–Kier alpha value is -1.93. The van der Waals surface area contributed by atoms with Gasteiger partial charge < -0.3 is 10.6 Å². The zero-order valence-electron chi connectivity index (χ0n) is 17.7. The standard InChI is InChI=1S/C22H33N3O4S/c1-17-8-5-6-15-25(17)30(28,29)20-12-7-11-19(16-20)22(27)24-14-13-23-21(26)18-9-3-2-4-10-18/h7,11-12,16-18H,2-6,8-10,13-15H2,1H3,(H,23,26)(H,24,27). The molecule has 0 spiro atoms. The normalized spacial score (nSPS) is 21.2. The molecule has 7 nitrogen and oxygen atoms in total. The third-order valence-electron chi connectivity index (χ3n) is 6.13. The highest BCUT2D eigenvalue weighted by Gasteiger charge is 2.31. The first kappa shape index (κ1) is 22.7. The summed E-state index contributed by atoms with van der Waals surface area (Å²) in [7, 11) is -3.62. The van der Waals surface area contributed by atoms with Gasteiger partial charge >= 0.3 is 0 Å². The Bertz CT molecular complexity index is 850. The van der Waals surface area contributed by atoms with E-state index in [0.717, 1.165) is 44.9 Å². The molecule has 1 atom stereocenters. The van der Waals surface area contributed by atoms with Crippen molar-refractivity contribution in [3.8, 4) is 0 Å². The van der Waals surface area contributed by atoms with Crippen molar-refractivity contribution in [1.82, 2.24) is 14.9 Å². The van der Waals surface area contributed by atoms with Gasteiger partial charge in [0.15, 0.2) is 0 Å². The zero-order valence-corrected chi connectivity index (χ0v) is 18.5. The number of hydrogen-bond acceptors (Lipinski definition) is 4. The van der Waals surface area contributed by atoms with Crippen molar-refractivity contribution in [2.75, 3.05) is 19.6 Å². The number of nitrogens with zero attached hydrogens (tertiary/aromatic N) is 1. The number of benzene rings is 1. The number of nitrogens with one attached hydrogen (secondary N) is 2. The number of carbonyl (C=O) groups excluding carboxylic acids is 2. The molecule has 2 fully saturated rings. The van der Waals surface area contributed by atoms with E-state index in [1.807, 2.05) is 6.92 Å². The molecule has 1 unspecified atom stereocenters. The molecule has 2 N–H and O–H groups in total. The van der Waals surface area contributed by atoms with Crippen LogP contribution >= 0.6 is 0 Å². The molecule has 1 aromatic rings. The van der Waals surface area contributed by atoms with Crippen LogP contribution in [0.3, 0.4) is 0 Å². The van der Waals surface area contributed by atoms with E-state index in [9.17, 15) is 18.0 Å². The van der Waals surface area contributed by atoms with Gasteiger partial charge in [-0.25, -0.2) is 8.42 Å². The van der Waals surface area contributed by atoms with Crippen LogP contribution < -0.4 is 10.6 Å². The van der Waals surface area contributed by atoms with Crippen molar-refractivity contribution in [2.24, 2.45) is 5.92 Å². The Kier molecular flexibility index (Phi) is 7.88. The SMILES string of the molecule is CC1CCCCN1S(=O)(=O)c1cccc(C(=O)NCCNC(=O)C2CCCCC2)c1. The molecule has 1 aromatic carbocycles. The maximum absolute atomic E-state index is 13.0. The van der Waals surface area contributed by atoms with Crippen LogP contribution in [0.25, 0.3) is 0 Å². The molecule has 1 aliphatic heterocycles. The Morgan fingerprint density at radius 1 is 1.00 bits per heavy atom. The molecule has 0 aromatic heterocycles. The molecule has 30 heavy (non-hydrogen) atoms. The van der Waals surface area contributed by atoms with E-state index in [1.54, 1.807) is 12.1 Å². The monoisotopic (exact) mass is 435 g/mol. The summed E-state index contributed by atoms with van der Waals surface area (Å²) in [5, 5.41) is 5.65. The molecule has 0 radical (unpaired) electrons. The first-order chi connectivity index (χ1) is 14.4. The number of sulfonamides is 1. The van der Waals surface area contributed by atoms with Crippen LogP contribution in [0.1, 0.15) is 68.6 Å². The molecule has 2 aliphatic rings. The first-order valence-electron chi connectivity index (χ1n) is 11.1.